The van der Waals surface area contributed by atoms with Crippen molar-refractivity contribution in [2.45, 2.75) is 6.42 Å². The topological polar surface area (TPSA) is 76.8 Å². The Hall–Kier alpha value is -3.24. The Kier molecular flexibility index (Phi) is 5.54. The lowest BCUT2D eigenvalue weighted by atomic mass is 10.1. The average molecular weight is 409 g/mol. The number of aromatic nitrogens is 1. The Morgan fingerprint density at radius 2 is 2.00 bits per heavy atom. The number of fused-ring (bicyclic) bond motifs is 1. The standard InChI is InChI=1S/C21H21ClN6O/c1-15(25-26-19-6-11-29-20-12-17(22)14-24-21(19)20)27-7-9-28(10-8-27)18-4-2-16(13-23)3-5-18/h2-5,12,14,25H,1,6-11H2/b26-19-. The first-order valence-corrected chi connectivity index (χ1v) is 9.82. The van der Waals surface area contributed by atoms with Gasteiger partial charge in [-0.25, -0.2) is 4.98 Å². The summed E-state index contributed by atoms with van der Waals surface area (Å²) < 4.78 is 5.61. The van der Waals surface area contributed by atoms with Crippen LogP contribution in [-0.4, -0.2) is 48.4 Å². The molecule has 0 atom stereocenters. The van der Waals surface area contributed by atoms with Crippen molar-refractivity contribution in [3.8, 4) is 11.8 Å². The number of hydrazone groups is 1. The lowest BCUT2D eigenvalue weighted by molar-refractivity contribution is 0.301. The smallest absolute Gasteiger partial charge is 0.148 e. The number of pyridine rings is 1. The van der Waals surface area contributed by atoms with E-state index in [0.717, 1.165) is 43.4 Å². The highest BCUT2D eigenvalue weighted by atomic mass is 35.5. The van der Waals surface area contributed by atoms with Crippen LogP contribution in [0.2, 0.25) is 5.02 Å². The third kappa shape index (κ3) is 4.28. The molecule has 1 saturated heterocycles. The maximum absolute atomic E-state index is 8.93. The van der Waals surface area contributed by atoms with Crippen molar-refractivity contribution >= 4 is 23.0 Å². The Labute approximate surface area is 174 Å². The second-order valence-electron chi connectivity index (χ2n) is 6.85. The molecule has 0 bridgehead atoms. The molecule has 3 heterocycles. The lowest BCUT2D eigenvalue weighted by Gasteiger charge is -2.37. The third-order valence-electron chi connectivity index (χ3n) is 5.03. The number of hydrogen-bond acceptors (Lipinski definition) is 7. The predicted octanol–water partition coefficient (Wildman–Crippen LogP) is 2.98. The monoisotopic (exact) mass is 408 g/mol. The number of benzene rings is 1. The molecule has 29 heavy (non-hydrogen) atoms. The van der Waals surface area contributed by atoms with Crippen molar-refractivity contribution in [1.82, 2.24) is 15.3 Å². The maximum Gasteiger partial charge on any atom is 0.148 e. The van der Waals surface area contributed by atoms with Crippen LogP contribution in [0.3, 0.4) is 0 Å². The molecule has 0 saturated carbocycles. The summed E-state index contributed by atoms with van der Waals surface area (Å²) in [4.78, 5) is 8.83. The van der Waals surface area contributed by atoms with Crippen molar-refractivity contribution in [3.05, 3.63) is 65.2 Å². The van der Waals surface area contributed by atoms with Gasteiger partial charge in [0.25, 0.3) is 0 Å². The fourth-order valence-corrected chi connectivity index (χ4v) is 3.56. The number of nitrogens with one attached hydrogen (secondary N) is 1. The number of ether oxygens (including phenoxy) is 1. The largest absolute Gasteiger partial charge is 0.491 e. The van der Waals surface area contributed by atoms with Crippen LogP contribution >= 0.6 is 11.6 Å². The van der Waals surface area contributed by atoms with Crippen molar-refractivity contribution in [3.63, 3.8) is 0 Å². The zero-order valence-electron chi connectivity index (χ0n) is 15.9. The summed E-state index contributed by atoms with van der Waals surface area (Å²) in [6.07, 6.45) is 2.27. The molecule has 1 fully saturated rings. The second-order valence-corrected chi connectivity index (χ2v) is 7.28. The first kappa shape index (κ1) is 19.1. The number of halogens is 1. The van der Waals surface area contributed by atoms with Crippen molar-refractivity contribution in [1.29, 1.82) is 5.26 Å². The molecule has 4 rings (SSSR count). The fraction of sp³-hybridized carbons (Fsp3) is 0.286. The molecule has 1 N–H and O–H groups in total. The van der Waals surface area contributed by atoms with Gasteiger partial charge in [0.05, 0.1) is 29.0 Å². The third-order valence-corrected chi connectivity index (χ3v) is 5.24. The molecule has 0 unspecified atom stereocenters. The summed E-state index contributed by atoms with van der Waals surface area (Å²) in [6, 6.07) is 11.6. The summed E-state index contributed by atoms with van der Waals surface area (Å²) in [5, 5.41) is 14.0. The highest BCUT2D eigenvalue weighted by Gasteiger charge is 2.21. The van der Waals surface area contributed by atoms with Crippen molar-refractivity contribution < 1.29 is 4.74 Å². The summed E-state index contributed by atoms with van der Waals surface area (Å²) in [6.45, 7) is 8.11. The molecule has 1 aromatic carbocycles. The zero-order chi connectivity index (χ0) is 20.2. The van der Waals surface area contributed by atoms with E-state index in [1.165, 1.54) is 0 Å². The highest BCUT2D eigenvalue weighted by molar-refractivity contribution is 6.30. The van der Waals surface area contributed by atoms with Gasteiger partial charge in [0, 0.05) is 50.6 Å². The quantitative estimate of drug-likeness (QED) is 0.784. The minimum absolute atomic E-state index is 0.544. The van der Waals surface area contributed by atoms with E-state index in [9.17, 15) is 0 Å². The molecule has 0 spiro atoms. The Morgan fingerprint density at radius 1 is 1.24 bits per heavy atom. The van der Waals surface area contributed by atoms with E-state index in [1.54, 1.807) is 12.3 Å². The van der Waals surface area contributed by atoms with E-state index < -0.39 is 0 Å². The molecule has 148 valence electrons. The van der Waals surface area contributed by atoms with E-state index in [0.29, 0.717) is 35.1 Å². The normalized spacial score (nSPS) is 17.3. The van der Waals surface area contributed by atoms with E-state index in [-0.39, 0.29) is 0 Å². The molecule has 2 aromatic rings. The first-order chi connectivity index (χ1) is 14.1. The van der Waals surface area contributed by atoms with E-state index in [2.05, 4.69) is 38.0 Å². The van der Waals surface area contributed by atoms with Crippen LogP contribution < -0.4 is 15.1 Å². The van der Waals surface area contributed by atoms with Gasteiger partial charge in [-0.3, -0.25) is 5.43 Å². The predicted molar refractivity (Wildman–Crippen MR) is 113 cm³/mol. The second kappa shape index (κ2) is 8.41. The fourth-order valence-electron chi connectivity index (χ4n) is 3.42. The highest BCUT2D eigenvalue weighted by Crippen LogP contribution is 2.26. The number of anilines is 1. The number of rotatable bonds is 4. The Morgan fingerprint density at radius 3 is 2.72 bits per heavy atom. The minimum atomic E-state index is 0.544. The molecule has 2 aliphatic heterocycles. The van der Waals surface area contributed by atoms with Gasteiger partial charge in [0.15, 0.2) is 0 Å². The van der Waals surface area contributed by atoms with Gasteiger partial charge < -0.3 is 14.5 Å². The Balaban J connectivity index is 1.35. The summed E-state index contributed by atoms with van der Waals surface area (Å²) in [7, 11) is 0. The number of piperazine rings is 1. The molecular formula is C21H21ClN6O. The van der Waals surface area contributed by atoms with Crippen LogP contribution in [-0.2, 0) is 0 Å². The van der Waals surface area contributed by atoms with Gasteiger partial charge in [0.2, 0.25) is 0 Å². The lowest BCUT2D eigenvalue weighted by Crippen LogP contribution is -2.47. The molecule has 2 aliphatic rings. The molecule has 1 aromatic heterocycles. The van der Waals surface area contributed by atoms with E-state index in [1.807, 2.05) is 24.3 Å². The van der Waals surface area contributed by atoms with Gasteiger partial charge in [0.1, 0.15) is 17.3 Å². The van der Waals surface area contributed by atoms with Crippen LogP contribution in [0.1, 0.15) is 17.7 Å². The maximum atomic E-state index is 8.93. The Bertz CT molecular complexity index is 974. The summed E-state index contributed by atoms with van der Waals surface area (Å²) >= 11 is 5.99. The van der Waals surface area contributed by atoms with Gasteiger partial charge in [-0.15, -0.1) is 0 Å². The van der Waals surface area contributed by atoms with Crippen LogP contribution in [0.15, 0.2) is 54.0 Å². The molecule has 0 radical (unpaired) electrons. The number of hydrogen-bond donors (Lipinski definition) is 1. The molecular weight excluding hydrogens is 388 g/mol. The number of nitriles is 1. The number of nitrogens with zero attached hydrogens (tertiary/aromatic N) is 5. The van der Waals surface area contributed by atoms with Crippen LogP contribution in [0.25, 0.3) is 0 Å². The summed E-state index contributed by atoms with van der Waals surface area (Å²) in [5.41, 5.74) is 6.44. The summed E-state index contributed by atoms with van der Waals surface area (Å²) in [5.74, 6) is 1.42. The van der Waals surface area contributed by atoms with Crippen LogP contribution in [0.5, 0.6) is 5.75 Å². The van der Waals surface area contributed by atoms with Gasteiger partial charge in [-0.05, 0) is 24.3 Å². The van der Waals surface area contributed by atoms with Crippen molar-refractivity contribution in [2.75, 3.05) is 37.7 Å². The van der Waals surface area contributed by atoms with Crippen molar-refractivity contribution in [2.24, 2.45) is 5.10 Å². The van der Waals surface area contributed by atoms with Gasteiger partial charge >= 0.3 is 0 Å². The van der Waals surface area contributed by atoms with Crippen LogP contribution in [0, 0.1) is 11.3 Å². The molecule has 0 aliphatic carbocycles. The van der Waals surface area contributed by atoms with E-state index in [4.69, 9.17) is 21.6 Å². The molecule has 7 nitrogen and oxygen atoms in total. The minimum Gasteiger partial charge on any atom is -0.491 e. The van der Waals surface area contributed by atoms with Gasteiger partial charge in [-0.2, -0.15) is 10.4 Å². The van der Waals surface area contributed by atoms with E-state index >= 15 is 0 Å². The zero-order valence-corrected chi connectivity index (χ0v) is 16.7. The SMILES string of the molecule is C=C(N/N=C1/CCOc2cc(Cl)cnc21)N1CCN(c2ccc(C#N)cc2)CC1. The average Bonchev–Trinajstić information content (AvgIpc) is 2.77. The van der Waals surface area contributed by atoms with Crippen LogP contribution in [0.4, 0.5) is 5.69 Å². The molecule has 0 amide bonds. The first-order valence-electron chi connectivity index (χ1n) is 9.44. The molecule has 8 heteroatoms. The van der Waals surface area contributed by atoms with Gasteiger partial charge in [-0.1, -0.05) is 18.2 Å².